The summed E-state index contributed by atoms with van der Waals surface area (Å²) in [6.07, 6.45) is 1.94. The summed E-state index contributed by atoms with van der Waals surface area (Å²) in [4.78, 5) is 11.2. The summed E-state index contributed by atoms with van der Waals surface area (Å²) in [6, 6.07) is 3.66. The molecule has 0 amide bonds. The van der Waals surface area contributed by atoms with E-state index in [1.807, 2.05) is 12.1 Å². The van der Waals surface area contributed by atoms with E-state index >= 15 is 0 Å². The Bertz CT molecular complexity index is 561. The molecule has 5 nitrogen and oxygen atoms in total. The van der Waals surface area contributed by atoms with Crippen LogP contribution in [0.4, 0.5) is 0 Å². The molecule has 0 aromatic heterocycles. The molecule has 0 fully saturated rings. The van der Waals surface area contributed by atoms with Gasteiger partial charge in [-0.25, -0.2) is 4.79 Å². The van der Waals surface area contributed by atoms with Crippen molar-refractivity contribution in [3.63, 3.8) is 0 Å². The molecule has 0 saturated carbocycles. The van der Waals surface area contributed by atoms with E-state index in [4.69, 9.17) is 18.9 Å². The van der Waals surface area contributed by atoms with E-state index in [2.05, 4.69) is 6.58 Å². The van der Waals surface area contributed by atoms with Gasteiger partial charge in [0.15, 0.2) is 11.5 Å². The number of benzene rings is 1. The standard InChI is InChI=1S/C15H16O5/c1-9-11(8-14(16)20-9)5-10-6-12(17-2)15(19-4)13(7-10)18-3/h6-8H,1,5H2,2-4H3. The Labute approximate surface area is 117 Å². The predicted molar refractivity (Wildman–Crippen MR) is 73.1 cm³/mol. The van der Waals surface area contributed by atoms with Crippen LogP contribution in [0.2, 0.25) is 0 Å². The summed E-state index contributed by atoms with van der Waals surface area (Å²) in [7, 11) is 4.66. The fourth-order valence-electron chi connectivity index (χ4n) is 2.05. The third-order valence-corrected chi connectivity index (χ3v) is 2.99. The largest absolute Gasteiger partial charge is 0.493 e. The minimum atomic E-state index is -0.391. The number of rotatable bonds is 5. The molecule has 1 heterocycles. The van der Waals surface area contributed by atoms with Gasteiger partial charge in [0.25, 0.3) is 0 Å². The lowest BCUT2D eigenvalue weighted by Gasteiger charge is -2.14. The molecular weight excluding hydrogens is 260 g/mol. The van der Waals surface area contributed by atoms with Gasteiger partial charge in [-0.15, -0.1) is 0 Å². The average molecular weight is 276 g/mol. The second kappa shape index (κ2) is 5.69. The minimum Gasteiger partial charge on any atom is -0.493 e. The van der Waals surface area contributed by atoms with Crippen molar-refractivity contribution in [2.24, 2.45) is 0 Å². The number of carbonyl (C=O) groups is 1. The van der Waals surface area contributed by atoms with Gasteiger partial charge < -0.3 is 18.9 Å². The highest BCUT2D eigenvalue weighted by Gasteiger charge is 2.20. The molecule has 0 unspecified atom stereocenters. The van der Waals surface area contributed by atoms with Gasteiger partial charge in [-0.3, -0.25) is 0 Å². The normalized spacial score (nSPS) is 13.8. The van der Waals surface area contributed by atoms with Gasteiger partial charge in [0.1, 0.15) is 5.76 Å². The van der Waals surface area contributed by atoms with Crippen LogP contribution in [0.3, 0.4) is 0 Å². The van der Waals surface area contributed by atoms with Crippen LogP contribution in [-0.4, -0.2) is 27.3 Å². The van der Waals surface area contributed by atoms with Gasteiger partial charge in [-0.1, -0.05) is 6.58 Å². The Morgan fingerprint density at radius 1 is 1.10 bits per heavy atom. The van der Waals surface area contributed by atoms with E-state index < -0.39 is 5.97 Å². The summed E-state index contributed by atoms with van der Waals surface area (Å²) in [5, 5.41) is 0. The van der Waals surface area contributed by atoms with E-state index in [9.17, 15) is 4.79 Å². The summed E-state index contributed by atoms with van der Waals surface area (Å²) >= 11 is 0. The van der Waals surface area contributed by atoms with Gasteiger partial charge >= 0.3 is 5.97 Å². The van der Waals surface area contributed by atoms with Crippen molar-refractivity contribution in [2.45, 2.75) is 6.42 Å². The van der Waals surface area contributed by atoms with Crippen LogP contribution in [0, 0.1) is 0 Å². The smallest absolute Gasteiger partial charge is 0.336 e. The molecule has 1 aliphatic heterocycles. The van der Waals surface area contributed by atoms with Crippen LogP contribution in [0.25, 0.3) is 0 Å². The average Bonchev–Trinajstić information content (AvgIpc) is 2.75. The van der Waals surface area contributed by atoms with Gasteiger partial charge in [0.2, 0.25) is 5.75 Å². The first-order chi connectivity index (χ1) is 9.58. The molecule has 20 heavy (non-hydrogen) atoms. The fourth-order valence-corrected chi connectivity index (χ4v) is 2.05. The van der Waals surface area contributed by atoms with Crippen molar-refractivity contribution in [1.29, 1.82) is 0 Å². The summed E-state index contributed by atoms with van der Waals surface area (Å²) < 4.78 is 20.7. The molecule has 0 radical (unpaired) electrons. The lowest BCUT2D eigenvalue weighted by Crippen LogP contribution is -1.98. The number of ether oxygens (including phenoxy) is 4. The predicted octanol–water partition coefficient (Wildman–Crippen LogP) is 2.25. The summed E-state index contributed by atoms with van der Waals surface area (Å²) in [5.74, 6) is 1.66. The molecule has 2 rings (SSSR count). The monoisotopic (exact) mass is 276 g/mol. The third kappa shape index (κ3) is 2.61. The lowest BCUT2D eigenvalue weighted by molar-refractivity contribution is -0.132. The molecule has 0 saturated heterocycles. The molecule has 5 heteroatoms. The highest BCUT2D eigenvalue weighted by Crippen LogP contribution is 2.39. The molecule has 0 bridgehead atoms. The molecule has 0 aliphatic carbocycles. The molecule has 0 N–H and O–H groups in total. The Kier molecular flexibility index (Phi) is 3.98. The van der Waals surface area contributed by atoms with Crippen LogP contribution < -0.4 is 14.2 Å². The maximum atomic E-state index is 11.2. The Morgan fingerprint density at radius 3 is 2.10 bits per heavy atom. The van der Waals surface area contributed by atoms with Crippen LogP contribution in [0.15, 0.2) is 36.1 Å². The second-order valence-electron chi connectivity index (χ2n) is 4.22. The van der Waals surface area contributed by atoms with Crippen molar-refractivity contribution in [1.82, 2.24) is 0 Å². The number of allylic oxidation sites excluding steroid dienone is 1. The van der Waals surface area contributed by atoms with E-state index in [-0.39, 0.29) is 0 Å². The van der Waals surface area contributed by atoms with Crippen molar-refractivity contribution in [2.75, 3.05) is 21.3 Å². The third-order valence-electron chi connectivity index (χ3n) is 2.99. The number of esters is 1. The molecule has 0 spiro atoms. The minimum absolute atomic E-state index is 0.378. The van der Waals surface area contributed by atoms with Crippen LogP contribution >= 0.6 is 0 Å². The molecule has 1 aliphatic rings. The lowest BCUT2D eigenvalue weighted by atomic mass is 10.0. The van der Waals surface area contributed by atoms with E-state index in [0.29, 0.717) is 29.4 Å². The topological polar surface area (TPSA) is 54.0 Å². The van der Waals surface area contributed by atoms with Crippen molar-refractivity contribution >= 4 is 5.97 Å². The van der Waals surface area contributed by atoms with Crippen molar-refractivity contribution in [3.8, 4) is 17.2 Å². The molecule has 1 aromatic carbocycles. The van der Waals surface area contributed by atoms with Crippen LogP contribution in [-0.2, 0) is 16.0 Å². The Balaban J connectivity index is 2.35. The first kappa shape index (κ1) is 14.0. The van der Waals surface area contributed by atoms with Gasteiger partial charge in [0, 0.05) is 18.1 Å². The van der Waals surface area contributed by atoms with Crippen molar-refractivity contribution < 1.29 is 23.7 Å². The molecular formula is C15H16O5. The Hall–Kier alpha value is -2.43. The Morgan fingerprint density at radius 2 is 1.70 bits per heavy atom. The zero-order valence-electron chi connectivity index (χ0n) is 11.7. The molecule has 106 valence electrons. The highest BCUT2D eigenvalue weighted by atomic mass is 16.5. The van der Waals surface area contributed by atoms with Crippen LogP contribution in [0.5, 0.6) is 17.2 Å². The van der Waals surface area contributed by atoms with Crippen molar-refractivity contribution in [3.05, 3.63) is 41.7 Å². The van der Waals surface area contributed by atoms with Crippen LogP contribution in [0.1, 0.15) is 5.56 Å². The summed E-state index contributed by atoms with van der Waals surface area (Å²) in [6.45, 7) is 3.70. The van der Waals surface area contributed by atoms with Gasteiger partial charge in [-0.05, 0) is 17.7 Å². The number of hydrogen-bond donors (Lipinski definition) is 0. The van der Waals surface area contributed by atoms with Gasteiger partial charge in [0.05, 0.1) is 21.3 Å². The maximum Gasteiger partial charge on any atom is 0.336 e. The fraction of sp³-hybridized carbons (Fsp3) is 0.267. The maximum absolute atomic E-state index is 11.2. The second-order valence-corrected chi connectivity index (χ2v) is 4.22. The SMILES string of the molecule is C=C1OC(=O)C=C1Cc1cc(OC)c(OC)c(OC)c1. The first-order valence-electron chi connectivity index (χ1n) is 5.99. The quantitative estimate of drug-likeness (QED) is 0.772. The number of hydrogen-bond acceptors (Lipinski definition) is 5. The zero-order valence-corrected chi connectivity index (χ0v) is 11.7. The molecule has 0 atom stereocenters. The summed E-state index contributed by atoms with van der Waals surface area (Å²) in [5.41, 5.74) is 1.65. The molecule has 1 aromatic rings. The number of methoxy groups -OCH3 is 3. The highest BCUT2D eigenvalue weighted by molar-refractivity contribution is 5.88. The zero-order chi connectivity index (χ0) is 14.7. The number of carbonyl (C=O) groups excluding carboxylic acids is 1. The van der Waals surface area contributed by atoms with Gasteiger partial charge in [-0.2, -0.15) is 0 Å². The van der Waals surface area contributed by atoms with E-state index in [1.54, 1.807) is 21.3 Å². The van der Waals surface area contributed by atoms with E-state index in [1.165, 1.54) is 6.08 Å². The number of cyclic esters (lactones) is 1. The first-order valence-corrected chi connectivity index (χ1v) is 5.99. The van der Waals surface area contributed by atoms with E-state index in [0.717, 1.165) is 11.1 Å².